The molecule has 0 radical (unpaired) electrons. The van der Waals surface area contributed by atoms with Gasteiger partial charge in [0.2, 0.25) is 5.91 Å². The number of amides is 1. The Bertz CT molecular complexity index is 1470. The van der Waals surface area contributed by atoms with Crippen LogP contribution in [0.2, 0.25) is 0 Å². The Morgan fingerprint density at radius 3 is 2.55 bits per heavy atom. The lowest BCUT2D eigenvalue weighted by Gasteiger charge is -2.11. The molecule has 0 saturated carbocycles. The van der Waals surface area contributed by atoms with Crippen LogP contribution in [-0.2, 0) is 21.0 Å². The average Bonchev–Trinajstić information content (AvgIpc) is 3.14. The number of nitrogens with one attached hydrogen (secondary N) is 2. The number of pyridine rings is 1. The van der Waals surface area contributed by atoms with E-state index in [0.29, 0.717) is 27.8 Å². The lowest BCUT2D eigenvalue weighted by molar-refractivity contribution is -0.137. The van der Waals surface area contributed by atoms with Crippen LogP contribution in [0, 0.1) is 0 Å². The van der Waals surface area contributed by atoms with Gasteiger partial charge in [-0.05, 0) is 42.0 Å². The fourth-order valence-corrected chi connectivity index (χ4v) is 5.05. The summed E-state index contributed by atoms with van der Waals surface area (Å²) in [6.45, 7) is 1.38. The van der Waals surface area contributed by atoms with E-state index in [4.69, 9.17) is 0 Å². The van der Waals surface area contributed by atoms with E-state index in [1.54, 1.807) is 12.1 Å². The quantitative estimate of drug-likeness (QED) is 0.402. The largest absolute Gasteiger partial charge is 0.416 e. The molecule has 0 atom stereocenters. The van der Waals surface area contributed by atoms with E-state index in [9.17, 15) is 26.4 Å². The van der Waals surface area contributed by atoms with E-state index < -0.39 is 26.7 Å². The summed E-state index contributed by atoms with van der Waals surface area (Å²) in [7, 11) is -4.28. The van der Waals surface area contributed by atoms with Crippen LogP contribution in [0.4, 0.5) is 24.0 Å². The minimum atomic E-state index is -4.66. The van der Waals surface area contributed by atoms with E-state index in [1.165, 1.54) is 36.7 Å². The summed E-state index contributed by atoms with van der Waals surface area (Å²) in [4.78, 5) is 19.1. The first-order valence-corrected chi connectivity index (χ1v) is 11.6. The summed E-state index contributed by atoms with van der Waals surface area (Å²) in [5.41, 5.74) is 1.01. The maximum Gasteiger partial charge on any atom is 0.416 e. The molecular weight excluding hydrogens is 477 g/mol. The molecule has 4 rings (SSSR count). The van der Waals surface area contributed by atoms with Gasteiger partial charge in [-0.25, -0.2) is 13.4 Å². The Labute approximate surface area is 190 Å². The van der Waals surface area contributed by atoms with Gasteiger partial charge in [-0.1, -0.05) is 23.5 Å². The third kappa shape index (κ3) is 5.12. The van der Waals surface area contributed by atoms with Gasteiger partial charge in [0.05, 0.1) is 32.6 Å². The van der Waals surface area contributed by atoms with E-state index in [2.05, 4.69) is 20.0 Å². The van der Waals surface area contributed by atoms with Gasteiger partial charge in [0.15, 0.2) is 5.13 Å². The van der Waals surface area contributed by atoms with Crippen LogP contribution in [0.3, 0.4) is 0 Å². The van der Waals surface area contributed by atoms with Crippen LogP contribution in [0.25, 0.3) is 21.3 Å². The summed E-state index contributed by atoms with van der Waals surface area (Å²) in [6, 6.07) is 10.4. The molecule has 0 spiro atoms. The topological polar surface area (TPSA) is 101 Å². The molecule has 12 heteroatoms. The van der Waals surface area contributed by atoms with Gasteiger partial charge in [0, 0.05) is 18.7 Å². The molecule has 2 heterocycles. The van der Waals surface area contributed by atoms with Crippen LogP contribution < -0.4 is 10.0 Å². The molecule has 33 heavy (non-hydrogen) atoms. The van der Waals surface area contributed by atoms with E-state index >= 15 is 0 Å². The number of rotatable bonds is 5. The van der Waals surface area contributed by atoms with Crippen molar-refractivity contribution >= 4 is 48.3 Å². The fourth-order valence-electron chi connectivity index (χ4n) is 3.02. The monoisotopic (exact) mass is 492 g/mol. The minimum Gasteiger partial charge on any atom is -0.302 e. The SMILES string of the molecule is CC(=O)Nc1nc2ccc(-c3cncc(NS(=O)(=O)c4cccc(C(F)(F)F)c4)c3)cc2s1. The Hall–Kier alpha value is -3.51. The molecule has 0 fully saturated rings. The number of hydrogen-bond donors (Lipinski definition) is 2. The zero-order valence-electron chi connectivity index (χ0n) is 16.8. The van der Waals surface area contributed by atoms with Crippen LogP contribution in [0.1, 0.15) is 12.5 Å². The number of alkyl halides is 3. The Balaban J connectivity index is 1.62. The first-order valence-electron chi connectivity index (χ1n) is 9.35. The smallest absolute Gasteiger partial charge is 0.302 e. The number of thiazole rings is 1. The summed E-state index contributed by atoms with van der Waals surface area (Å²) >= 11 is 1.28. The highest BCUT2D eigenvalue weighted by molar-refractivity contribution is 7.92. The number of sulfonamides is 1. The van der Waals surface area contributed by atoms with Gasteiger partial charge in [-0.15, -0.1) is 0 Å². The summed E-state index contributed by atoms with van der Waals surface area (Å²) < 4.78 is 67.2. The Morgan fingerprint density at radius 2 is 1.82 bits per heavy atom. The molecule has 0 aliphatic rings. The van der Waals surface area contributed by atoms with Gasteiger partial charge in [-0.2, -0.15) is 13.2 Å². The molecule has 4 aromatic rings. The number of benzene rings is 2. The van der Waals surface area contributed by atoms with Crippen LogP contribution in [0.15, 0.2) is 65.8 Å². The van der Waals surface area contributed by atoms with Crippen LogP contribution >= 0.6 is 11.3 Å². The predicted molar refractivity (Wildman–Crippen MR) is 119 cm³/mol. The van der Waals surface area contributed by atoms with Crippen molar-refractivity contribution in [2.45, 2.75) is 18.0 Å². The number of carbonyl (C=O) groups excluding carboxylic acids is 1. The van der Waals surface area contributed by atoms with Crippen LogP contribution in [-0.4, -0.2) is 24.3 Å². The highest BCUT2D eigenvalue weighted by Gasteiger charge is 2.31. The zero-order valence-corrected chi connectivity index (χ0v) is 18.5. The van der Waals surface area contributed by atoms with Gasteiger partial charge < -0.3 is 5.32 Å². The lowest BCUT2D eigenvalue weighted by atomic mass is 10.1. The van der Waals surface area contributed by atoms with Crippen molar-refractivity contribution in [3.05, 3.63) is 66.5 Å². The first kappa shape index (κ1) is 22.7. The third-order valence-electron chi connectivity index (χ3n) is 4.47. The van der Waals surface area contributed by atoms with Gasteiger partial charge in [0.25, 0.3) is 10.0 Å². The third-order valence-corrected chi connectivity index (χ3v) is 6.78. The number of fused-ring (bicyclic) bond motifs is 1. The maximum absolute atomic E-state index is 12.9. The number of halogens is 3. The van der Waals surface area contributed by atoms with Gasteiger partial charge in [-0.3, -0.25) is 14.5 Å². The Kier molecular flexibility index (Phi) is 5.80. The standard InChI is InChI=1S/C21H15F3N4O3S2/c1-12(29)26-20-27-18-6-5-13(8-19(18)32-20)14-7-16(11-25-10-14)28-33(30,31)17-4-2-3-15(9-17)21(22,23)24/h2-11,28H,1H3,(H,26,27,29). The molecule has 1 amide bonds. The molecule has 2 aromatic carbocycles. The predicted octanol–water partition coefficient (Wildman–Crippen LogP) is 5.14. The second-order valence-corrected chi connectivity index (χ2v) is 9.69. The molecule has 2 aromatic heterocycles. The van der Waals surface area contributed by atoms with Crippen molar-refractivity contribution in [3.63, 3.8) is 0 Å². The van der Waals surface area contributed by atoms with E-state index in [-0.39, 0.29) is 11.6 Å². The summed E-state index contributed by atoms with van der Waals surface area (Å²) in [6.07, 6.45) is -1.88. The molecular formula is C21H15F3N4O3S2. The summed E-state index contributed by atoms with van der Waals surface area (Å²) in [5.74, 6) is -0.237. The van der Waals surface area contributed by atoms with Crippen molar-refractivity contribution in [2.75, 3.05) is 10.0 Å². The van der Waals surface area contributed by atoms with Crippen molar-refractivity contribution in [3.8, 4) is 11.1 Å². The van der Waals surface area contributed by atoms with Crippen molar-refractivity contribution in [2.24, 2.45) is 0 Å². The lowest BCUT2D eigenvalue weighted by Crippen LogP contribution is -2.14. The number of nitrogens with zero attached hydrogens (tertiary/aromatic N) is 2. The van der Waals surface area contributed by atoms with Gasteiger partial charge in [0.1, 0.15) is 0 Å². The maximum atomic E-state index is 12.9. The first-order chi connectivity index (χ1) is 15.5. The van der Waals surface area contributed by atoms with E-state index in [0.717, 1.165) is 22.9 Å². The highest BCUT2D eigenvalue weighted by Crippen LogP contribution is 2.33. The molecule has 170 valence electrons. The molecule has 0 bridgehead atoms. The highest BCUT2D eigenvalue weighted by atomic mass is 32.2. The molecule has 0 aliphatic heterocycles. The average molecular weight is 493 g/mol. The molecule has 0 saturated heterocycles. The minimum absolute atomic E-state index is 0.0910. The Morgan fingerprint density at radius 1 is 1.03 bits per heavy atom. The fraction of sp³-hybridized carbons (Fsp3) is 0.0952. The van der Waals surface area contributed by atoms with Crippen molar-refractivity contribution in [1.29, 1.82) is 0 Å². The number of carbonyl (C=O) groups is 1. The summed E-state index contributed by atoms with van der Waals surface area (Å²) in [5, 5.41) is 3.08. The second kappa shape index (κ2) is 8.45. The second-order valence-electron chi connectivity index (χ2n) is 6.98. The zero-order chi connectivity index (χ0) is 23.8. The van der Waals surface area contributed by atoms with Gasteiger partial charge >= 0.3 is 6.18 Å². The molecule has 2 N–H and O–H groups in total. The van der Waals surface area contributed by atoms with Crippen LogP contribution in [0.5, 0.6) is 0 Å². The number of aromatic nitrogens is 2. The van der Waals surface area contributed by atoms with Crippen molar-refractivity contribution < 1.29 is 26.4 Å². The molecule has 7 nitrogen and oxygen atoms in total. The number of hydrogen-bond acceptors (Lipinski definition) is 6. The number of anilines is 2. The van der Waals surface area contributed by atoms with Crippen molar-refractivity contribution in [1.82, 2.24) is 9.97 Å². The molecule has 0 unspecified atom stereocenters. The molecule has 0 aliphatic carbocycles. The van der Waals surface area contributed by atoms with E-state index in [1.807, 2.05) is 6.07 Å². The normalized spacial score (nSPS) is 12.0.